The molecule has 0 bridgehead atoms. The van der Waals surface area contributed by atoms with Crippen LogP contribution in [0.4, 0.5) is 5.69 Å². The van der Waals surface area contributed by atoms with Crippen molar-refractivity contribution in [3.63, 3.8) is 0 Å². The van der Waals surface area contributed by atoms with Crippen molar-refractivity contribution in [3.8, 4) is 0 Å². The van der Waals surface area contributed by atoms with Crippen molar-refractivity contribution in [2.45, 2.75) is 32.0 Å². The maximum atomic E-state index is 9.14. The molecule has 1 saturated heterocycles. The van der Waals surface area contributed by atoms with E-state index in [0.29, 0.717) is 6.04 Å². The highest BCUT2D eigenvalue weighted by Crippen LogP contribution is 2.23. The van der Waals surface area contributed by atoms with Crippen molar-refractivity contribution < 1.29 is 5.11 Å². The van der Waals surface area contributed by atoms with Crippen LogP contribution in [-0.2, 0) is 13.2 Å². The van der Waals surface area contributed by atoms with Crippen LogP contribution in [-0.4, -0.2) is 36.2 Å². The van der Waals surface area contributed by atoms with Crippen LogP contribution < -0.4 is 4.90 Å². The number of hydrogen-bond donors (Lipinski definition) is 1. The minimum Gasteiger partial charge on any atom is -0.392 e. The molecule has 3 nitrogen and oxygen atoms in total. The SMILES string of the molecule is CN(Cc1ccccc1)C1CCN(c2ccc(CO)cc2)CC1. The number of rotatable bonds is 5. The summed E-state index contributed by atoms with van der Waals surface area (Å²) in [6.45, 7) is 3.34. The summed E-state index contributed by atoms with van der Waals surface area (Å²) in [5.41, 5.74) is 3.63. The van der Waals surface area contributed by atoms with Crippen LogP contribution in [0.15, 0.2) is 54.6 Å². The van der Waals surface area contributed by atoms with Crippen LogP contribution in [0.5, 0.6) is 0 Å². The van der Waals surface area contributed by atoms with Gasteiger partial charge in [0.05, 0.1) is 6.61 Å². The quantitative estimate of drug-likeness (QED) is 0.918. The Morgan fingerprint density at radius 1 is 0.957 bits per heavy atom. The number of piperidine rings is 1. The first-order valence-electron chi connectivity index (χ1n) is 8.45. The summed E-state index contributed by atoms with van der Waals surface area (Å²) in [5, 5.41) is 9.14. The first-order valence-corrected chi connectivity index (χ1v) is 8.45. The van der Waals surface area contributed by atoms with E-state index in [9.17, 15) is 0 Å². The second-order valence-electron chi connectivity index (χ2n) is 6.44. The van der Waals surface area contributed by atoms with Gasteiger partial charge in [0.25, 0.3) is 0 Å². The topological polar surface area (TPSA) is 26.7 Å². The normalized spacial score (nSPS) is 16.0. The fraction of sp³-hybridized carbons (Fsp3) is 0.400. The predicted molar refractivity (Wildman–Crippen MR) is 95.5 cm³/mol. The van der Waals surface area contributed by atoms with E-state index in [4.69, 9.17) is 5.11 Å². The van der Waals surface area contributed by atoms with E-state index in [-0.39, 0.29) is 6.61 Å². The summed E-state index contributed by atoms with van der Waals surface area (Å²) in [6.07, 6.45) is 2.40. The van der Waals surface area contributed by atoms with Gasteiger partial charge in [-0.25, -0.2) is 0 Å². The molecular weight excluding hydrogens is 284 g/mol. The molecule has 0 spiro atoms. The maximum absolute atomic E-state index is 9.14. The third-order valence-corrected chi connectivity index (χ3v) is 4.85. The van der Waals surface area contributed by atoms with E-state index in [2.05, 4.69) is 59.3 Å². The van der Waals surface area contributed by atoms with E-state index >= 15 is 0 Å². The highest BCUT2D eigenvalue weighted by molar-refractivity contribution is 5.48. The van der Waals surface area contributed by atoms with Gasteiger partial charge in [0.2, 0.25) is 0 Å². The summed E-state index contributed by atoms with van der Waals surface area (Å²) < 4.78 is 0. The molecule has 3 heteroatoms. The Kier molecular flexibility index (Phi) is 5.31. The van der Waals surface area contributed by atoms with Crippen LogP contribution in [0.25, 0.3) is 0 Å². The molecule has 1 aliphatic rings. The fourth-order valence-corrected chi connectivity index (χ4v) is 3.38. The Balaban J connectivity index is 1.53. The summed E-state index contributed by atoms with van der Waals surface area (Å²) in [4.78, 5) is 4.94. The first-order chi connectivity index (χ1) is 11.3. The van der Waals surface area contributed by atoms with Crippen LogP contribution in [0.1, 0.15) is 24.0 Å². The number of aliphatic hydroxyl groups excluding tert-OH is 1. The Bertz CT molecular complexity index is 589. The lowest BCUT2D eigenvalue weighted by atomic mass is 10.0. The lowest BCUT2D eigenvalue weighted by Gasteiger charge is -2.38. The standard InChI is InChI=1S/C20H26N2O/c1-21(15-17-5-3-2-4-6-17)19-11-13-22(14-12-19)20-9-7-18(16-23)8-10-20/h2-10,19,23H,11-16H2,1H3. The Morgan fingerprint density at radius 2 is 1.61 bits per heavy atom. The molecule has 2 aromatic carbocycles. The summed E-state index contributed by atoms with van der Waals surface area (Å²) in [6, 6.07) is 19.6. The molecule has 0 atom stereocenters. The largest absolute Gasteiger partial charge is 0.392 e. The number of hydrogen-bond acceptors (Lipinski definition) is 3. The molecule has 0 aliphatic carbocycles. The average Bonchev–Trinajstić information content (AvgIpc) is 2.63. The van der Waals surface area contributed by atoms with E-state index < -0.39 is 0 Å². The molecule has 1 aliphatic heterocycles. The molecule has 1 fully saturated rings. The monoisotopic (exact) mass is 310 g/mol. The Labute approximate surface area is 139 Å². The van der Waals surface area contributed by atoms with Crippen LogP contribution in [0, 0.1) is 0 Å². The van der Waals surface area contributed by atoms with Gasteiger partial charge in [-0.1, -0.05) is 42.5 Å². The third-order valence-electron chi connectivity index (χ3n) is 4.85. The minimum absolute atomic E-state index is 0.118. The van der Waals surface area contributed by atoms with E-state index in [0.717, 1.165) is 25.2 Å². The second-order valence-corrected chi connectivity index (χ2v) is 6.44. The molecule has 23 heavy (non-hydrogen) atoms. The molecule has 0 saturated carbocycles. The van der Waals surface area contributed by atoms with Gasteiger partial charge < -0.3 is 10.0 Å². The molecule has 2 aromatic rings. The van der Waals surface area contributed by atoms with Gasteiger partial charge in [-0.2, -0.15) is 0 Å². The van der Waals surface area contributed by atoms with E-state index in [1.807, 2.05) is 12.1 Å². The van der Waals surface area contributed by atoms with Crippen molar-refractivity contribution in [3.05, 3.63) is 65.7 Å². The lowest BCUT2D eigenvalue weighted by molar-refractivity contribution is 0.200. The summed E-state index contributed by atoms with van der Waals surface area (Å²) in [5.74, 6) is 0. The third kappa shape index (κ3) is 4.12. The zero-order chi connectivity index (χ0) is 16.1. The predicted octanol–water partition coefficient (Wildman–Crippen LogP) is 3.28. The molecule has 3 rings (SSSR count). The van der Waals surface area contributed by atoms with Crippen LogP contribution >= 0.6 is 0 Å². The second kappa shape index (κ2) is 7.62. The van der Waals surface area contributed by atoms with Crippen LogP contribution in [0.3, 0.4) is 0 Å². The van der Waals surface area contributed by atoms with Gasteiger partial charge in [0.1, 0.15) is 0 Å². The molecule has 1 heterocycles. The van der Waals surface area contributed by atoms with Gasteiger partial charge in [-0.15, -0.1) is 0 Å². The van der Waals surface area contributed by atoms with Gasteiger partial charge >= 0.3 is 0 Å². The van der Waals surface area contributed by atoms with Crippen molar-refractivity contribution in [2.75, 3.05) is 25.0 Å². The minimum atomic E-state index is 0.118. The average molecular weight is 310 g/mol. The molecule has 1 N–H and O–H groups in total. The fourth-order valence-electron chi connectivity index (χ4n) is 3.38. The number of aliphatic hydroxyl groups is 1. The Morgan fingerprint density at radius 3 is 2.22 bits per heavy atom. The number of benzene rings is 2. The van der Waals surface area contributed by atoms with Crippen molar-refractivity contribution in [2.24, 2.45) is 0 Å². The number of nitrogens with zero attached hydrogens (tertiary/aromatic N) is 2. The molecule has 0 radical (unpaired) electrons. The Hall–Kier alpha value is -1.84. The molecule has 122 valence electrons. The zero-order valence-corrected chi connectivity index (χ0v) is 13.9. The van der Waals surface area contributed by atoms with Crippen molar-refractivity contribution >= 4 is 5.69 Å². The summed E-state index contributed by atoms with van der Waals surface area (Å²) >= 11 is 0. The smallest absolute Gasteiger partial charge is 0.0681 e. The van der Waals surface area contributed by atoms with Gasteiger partial charge in [0, 0.05) is 31.4 Å². The molecule has 0 amide bonds. The first kappa shape index (κ1) is 16.0. The van der Waals surface area contributed by atoms with Crippen LogP contribution in [0.2, 0.25) is 0 Å². The maximum Gasteiger partial charge on any atom is 0.0681 e. The number of anilines is 1. The van der Waals surface area contributed by atoms with Gasteiger partial charge in [-0.05, 0) is 43.1 Å². The molecule has 0 aromatic heterocycles. The molecule has 0 unspecified atom stereocenters. The van der Waals surface area contributed by atoms with Crippen molar-refractivity contribution in [1.29, 1.82) is 0 Å². The highest BCUT2D eigenvalue weighted by Gasteiger charge is 2.22. The van der Waals surface area contributed by atoms with Crippen molar-refractivity contribution in [1.82, 2.24) is 4.90 Å². The molecular formula is C20H26N2O. The van der Waals surface area contributed by atoms with E-state index in [1.165, 1.54) is 24.1 Å². The highest BCUT2D eigenvalue weighted by atomic mass is 16.3. The summed E-state index contributed by atoms with van der Waals surface area (Å²) in [7, 11) is 2.24. The van der Waals surface area contributed by atoms with E-state index in [1.54, 1.807) is 0 Å². The van der Waals surface area contributed by atoms with Gasteiger partial charge in [0.15, 0.2) is 0 Å². The zero-order valence-electron chi connectivity index (χ0n) is 13.9. The lowest BCUT2D eigenvalue weighted by Crippen LogP contribution is -2.43. The van der Waals surface area contributed by atoms with Gasteiger partial charge in [-0.3, -0.25) is 4.90 Å².